The maximum atomic E-state index is 5.66. The van der Waals surface area contributed by atoms with E-state index in [1.807, 2.05) is 6.07 Å². The van der Waals surface area contributed by atoms with Crippen molar-refractivity contribution in [2.24, 2.45) is 5.92 Å². The Bertz CT molecular complexity index is 380. The molecule has 1 aliphatic carbocycles. The smallest absolute Gasteiger partial charge is 0.0888 e. The Labute approximate surface area is 110 Å². The summed E-state index contributed by atoms with van der Waals surface area (Å²) in [5, 5.41) is 3.45. The standard InChI is InChI=1S/C15H24N2O/c1-15(2,3)16-9-13-5-4-6-14(17-13)11-18-10-12-7-8-12/h4-6,12,16H,7-11H2,1-3H3. The third kappa shape index (κ3) is 5.15. The molecule has 100 valence electrons. The molecular weight excluding hydrogens is 224 g/mol. The Kier molecular flexibility index (Phi) is 4.36. The normalized spacial score (nSPS) is 15.9. The first-order valence-corrected chi connectivity index (χ1v) is 6.80. The van der Waals surface area contributed by atoms with Gasteiger partial charge in [-0.15, -0.1) is 0 Å². The van der Waals surface area contributed by atoms with Crippen LogP contribution in [-0.4, -0.2) is 17.1 Å². The molecule has 0 amide bonds. The van der Waals surface area contributed by atoms with Crippen molar-refractivity contribution in [1.82, 2.24) is 10.3 Å². The Balaban J connectivity index is 1.79. The molecule has 0 spiro atoms. The molecule has 0 aromatic carbocycles. The average Bonchev–Trinajstić information content (AvgIpc) is 3.10. The lowest BCUT2D eigenvalue weighted by atomic mass is 10.1. The molecule has 18 heavy (non-hydrogen) atoms. The third-order valence-electron chi connectivity index (χ3n) is 2.96. The van der Waals surface area contributed by atoms with Gasteiger partial charge in [0.05, 0.1) is 18.0 Å². The highest BCUT2D eigenvalue weighted by molar-refractivity contribution is 5.10. The van der Waals surface area contributed by atoms with E-state index in [4.69, 9.17) is 4.74 Å². The molecule has 0 radical (unpaired) electrons. The Morgan fingerprint density at radius 3 is 2.67 bits per heavy atom. The van der Waals surface area contributed by atoms with Crippen LogP contribution in [0.5, 0.6) is 0 Å². The van der Waals surface area contributed by atoms with Gasteiger partial charge in [-0.3, -0.25) is 4.98 Å². The minimum Gasteiger partial charge on any atom is -0.375 e. The van der Waals surface area contributed by atoms with Gasteiger partial charge in [0.1, 0.15) is 0 Å². The Morgan fingerprint density at radius 2 is 2.00 bits per heavy atom. The summed E-state index contributed by atoms with van der Waals surface area (Å²) in [6.45, 7) is 8.83. The van der Waals surface area contributed by atoms with Gasteiger partial charge in [0.2, 0.25) is 0 Å². The van der Waals surface area contributed by atoms with Gasteiger partial charge in [-0.2, -0.15) is 0 Å². The number of rotatable bonds is 6. The van der Waals surface area contributed by atoms with Gasteiger partial charge in [-0.05, 0) is 51.7 Å². The zero-order chi connectivity index (χ0) is 13.0. The molecule has 0 unspecified atom stereocenters. The van der Waals surface area contributed by atoms with Crippen LogP contribution in [0.3, 0.4) is 0 Å². The van der Waals surface area contributed by atoms with Crippen molar-refractivity contribution < 1.29 is 4.74 Å². The molecule has 2 rings (SSSR count). The van der Waals surface area contributed by atoms with Gasteiger partial charge in [0.15, 0.2) is 0 Å². The number of aromatic nitrogens is 1. The van der Waals surface area contributed by atoms with Gasteiger partial charge in [0, 0.05) is 18.7 Å². The van der Waals surface area contributed by atoms with Gasteiger partial charge in [-0.25, -0.2) is 0 Å². The summed E-state index contributed by atoms with van der Waals surface area (Å²) in [5.74, 6) is 0.815. The van der Waals surface area contributed by atoms with Gasteiger partial charge < -0.3 is 10.1 Å². The lowest BCUT2D eigenvalue weighted by molar-refractivity contribution is 0.108. The van der Waals surface area contributed by atoms with E-state index in [0.29, 0.717) is 6.61 Å². The second kappa shape index (κ2) is 5.81. The van der Waals surface area contributed by atoms with Crippen molar-refractivity contribution in [2.45, 2.75) is 52.3 Å². The van der Waals surface area contributed by atoms with Crippen LogP contribution in [0.15, 0.2) is 18.2 Å². The molecule has 0 atom stereocenters. The first kappa shape index (κ1) is 13.5. The molecule has 1 aromatic rings. The summed E-state index contributed by atoms with van der Waals surface area (Å²) in [6, 6.07) is 6.15. The van der Waals surface area contributed by atoms with Gasteiger partial charge in [0.25, 0.3) is 0 Å². The molecule has 1 heterocycles. The maximum Gasteiger partial charge on any atom is 0.0888 e. The topological polar surface area (TPSA) is 34.1 Å². The quantitative estimate of drug-likeness (QED) is 0.840. The van der Waals surface area contributed by atoms with E-state index in [9.17, 15) is 0 Å². The van der Waals surface area contributed by atoms with E-state index < -0.39 is 0 Å². The summed E-state index contributed by atoms with van der Waals surface area (Å²) in [6.07, 6.45) is 2.67. The fourth-order valence-electron chi connectivity index (χ4n) is 1.68. The molecule has 0 saturated heterocycles. The van der Waals surface area contributed by atoms with E-state index in [1.54, 1.807) is 0 Å². The minimum absolute atomic E-state index is 0.125. The Hall–Kier alpha value is -0.930. The fraction of sp³-hybridized carbons (Fsp3) is 0.667. The van der Waals surface area contributed by atoms with Crippen LogP contribution < -0.4 is 5.32 Å². The van der Waals surface area contributed by atoms with Crippen LogP contribution in [0.25, 0.3) is 0 Å². The second-order valence-electron chi connectivity index (χ2n) is 6.18. The SMILES string of the molecule is CC(C)(C)NCc1cccc(COCC2CC2)n1. The van der Waals surface area contributed by atoms with Crippen molar-refractivity contribution in [3.63, 3.8) is 0 Å². The van der Waals surface area contributed by atoms with Crippen LogP contribution in [0.2, 0.25) is 0 Å². The van der Waals surface area contributed by atoms with Crippen molar-refractivity contribution in [3.05, 3.63) is 29.6 Å². The average molecular weight is 248 g/mol. The number of ether oxygens (including phenoxy) is 1. The molecule has 0 aliphatic heterocycles. The van der Waals surface area contributed by atoms with E-state index >= 15 is 0 Å². The highest BCUT2D eigenvalue weighted by Gasteiger charge is 2.21. The van der Waals surface area contributed by atoms with Gasteiger partial charge >= 0.3 is 0 Å². The van der Waals surface area contributed by atoms with Crippen molar-refractivity contribution in [1.29, 1.82) is 0 Å². The van der Waals surface area contributed by atoms with Gasteiger partial charge in [-0.1, -0.05) is 6.07 Å². The molecule has 1 fully saturated rings. The molecule has 0 bridgehead atoms. The lowest BCUT2D eigenvalue weighted by Crippen LogP contribution is -2.35. The minimum atomic E-state index is 0.125. The zero-order valence-electron chi connectivity index (χ0n) is 11.7. The first-order valence-electron chi connectivity index (χ1n) is 6.80. The van der Waals surface area contributed by atoms with Crippen LogP contribution in [-0.2, 0) is 17.9 Å². The summed E-state index contributed by atoms with van der Waals surface area (Å²) in [5.41, 5.74) is 2.24. The number of nitrogens with zero attached hydrogens (tertiary/aromatic N) is 1. The highest BCUT2D eigenvalue weighted by atomic mass is 16.5. The summed E-state index contributed by atoms with van der Waals surface area (Å²) >= 11 is 0. The fourth-order valence-corrected chi connectivity index (χ4v) is 1.68. The molecule has 3 nitrogen and oxygen atoms in total. The van der Waals surface area contributed by atoms with Crippen molar-refractivity contribution >= 4 is 0 Å². The largest absolute Gasteiger partial charge is 0.375 e. The zero-order valence-corrected chi connectivity index (χ0v) is 11.7. The van der Waals surface area contributed by atoms with Crippen molar-refractivity contribution in [3.8, 4) is 0 Å². The predicted molar refractivity (Wildman–Crippen MR) is 73.2 cm³/mol. The molecule has 3 heteroatoms. The summed E-state index contributed by atoms with van der Waals surface area (Å²) in [7, 11) is 0. The second-order valence-corrected chi connectivity index (χ2v) is 6.18. The van der Waals surface area contributed by atoms with E-state index in [2.05, 4.69) is 43.2 Å². The number of hydrogen-bond acceptors (Lipinski definition) is 3. The number of nitrogens with one attached hydrogen (secondary N) is 1. The van der Waals surface area contributed by atoms with Crippen LogP contribution in [0.4, 0.5) is 0 Å². The molecule has 1 N–H and O–H groups in total. The maximum absolute atomic E-state index is 5.66. The van der Waals surface area contributed by atoms with Crippen LogP contribution >= 0.6 is 0 Å². The first-order chi connectivity index (χ1) is 8.53. The van der Waals surface area contributed by atoms with E-state index in [-0.39, 0.29) is 5.54 Å². The number of hydrogen-bond donors (Lipinski definition) is 1. The molecule has 1 aliphatic rings. The van der Waals surface area contributed by atoms with Crippen LogP contribution in [0.1, 0.15) is 45.0 Å². The Morgan fingerprint density at radius 1 is 1.28 bits per heavy atom. The lowest BCUT2D eigenvalue weighted by Gasteiger charge is -2.20. The third-order valence-corrected chi connectivity index (χ3v) is 2.96. The highest BCUT2D eigenvalue weighted by Crippen LogP contribution is 2.28. The molecular formula is C15H24N2O. The van der Waals surface area contributed by atoms with Crippen LogP contribution in [0, 0.1) is 5.92 Å². The summed E-state index contributed by atoms with van der Waals surface area (Å²) < 4.78 is 5.66. The van der Waals surface area contributed by atoms with E-state index in [0.717, 1.165) is 30.5 Å². The summed E-state index contributed by atoms with van der Waals surface area (Å²) in [4.78, 5) is 4.61. The predicted octanol–water partition coefficient (Wildman–Crippen LogP) is 2.90. The van der Waals surface area contributed by atoms with E-state index in [1.165, 1.54) is 12.8 Å². The monoisotopic (exact) mass is 248 g/mol. The molecule has 1 aromatic heterocycles. The molecule has 1 saturated carbocycles. The van der Waals surface area contributed by atoms with Crippen molar-refractivity contribution in [2.75, 3.05) is 6.61 Å². The number of pyridine rings is 1.